The highest BCUT2D eigenvalue weighted by molar-refractivity contribution is 5.99. The van der Waals surface area contributed by atoms with Crippen LogP contribution in [0.2, 0.25) is 0 Å². The predicted molar refractivity (Wildman–Crippen MR) is 116 cm³/mol. The van der Waals surface area contributed by atoms with Crippen LogP contribution in [0.1, 0.15) is 27.6 Å². The molecular weight excluding hydrogens is 430 g/mol. The monoisotopic (exact) mass is 451 g/mol. The second-order valence-corrected chi connectivity index (χ2v) is 7.25. The molecule has 0 atom stereocenters. The number of ether oxygens (including phenoxy) is 1. The summed E-state index contributed by atoms with van der Waals surface area (Å²) in [6.45, 7) is 3.41. The summed E-state index contributed by atoms with van der Waals surface area (Å²) in [6, 6.07) is 13.1. The molecule has 1 amide bonds. The van der Waals surface area contributed by atoms with Crippen LogP contribution in [0.5, 0.6) is 0 Å². The van der Waals surface area contributed by atoms with Crippen LogP contribution < -0.4 is 4.90 Å². The van der Waals surface area contributed by atoms with Gasteiger partial charge < -0.3 is 14.5 Å². The molecule has 1 saturated heterocycles. The average Bonchev–Trinajstić information content (AvgIpc) is 3.34. The zero-order valence-electron chi connectivity index (χ0n) is 17.8. The number of carbonyl (C=O) groups excluding carboxylic acids is 2. The fraction of sp³-hybridized carbons (Fsp3) is 0.286. The van der Waals surface area contributed by atoms with Crippen molar-refractivity contribution >= 4 is 23.5 Å². The molecule has 170 valence electrons. The van der Waals surface area contributed by atoms with Crippen LogP contribution >= 0.6 is 0 Å². The Hall–Kier alpha value is -4.35. The van der Waals surface area contributed by atoms with Crippen molar-refractivity contribution in [2.75, 3.05) is 37.7 Å². The molecule has 4 rings (SSSR count). The first-order valence-corrected chi connectivity index (χ1v) is 10.3. The van der Waals surface area contributed by atoms with Crippen molar-refractivity contribution in [1.82, 2.24) is 25.1 Å². The molecule has 0 N–H and O–H groups in total. The summed E-state index contributed by atoms with van der Waals surface area (Å²) in [4.78, 5) is 39.4. The molecule has 1 aromatic heterocycles. The number of nitro groups is 1. The number of tetrazole rings is 1. The minimum Gasteiger partial charge on any atom is -0.462 e. The molecule has 0 bridgehead atoms. The number of para-hydroxylation sites is 1. The molecule has 1 aliphatic rings. The average molecular weight is 451 g/mol. The number of rotatable bonds is 6. The van der Waals surface area contributed by atoms with E-state index in [9.17, 15) is 19.7 Å². The van der Waals surface area contributed by atoms with E-state index in [1.54, 1.807) is 16.5 Å². The maximum Gasteiger partial charge on any atom is 0.338 e. The summed E-state index contributed by atoms with van der Waals surface area (Å²) in [5.74, 6) is -0.549. The Balaban J connectivity index is 1.50. The second kappa shape index (κ2) is 9.42. The lowest BCUT2D eigenvalue weighted by molar-refractivity contribution is -0.384. The van der Waals surface area contributed by atoms with Crippen molar-refractivity contribution in [3.63, 3.8) is 0 Å². The molecule has 0 aliphatic carbocycles. The van der Waals surface area contributed by atoms with E-state index in [0.29, 0.717) is 32.1 Å². The van der Waals surface area contributed by atoms with Gasteiger partial charge in [-0.25, -0.2) is 4.79 Å². The molecule has 33 heavy (non-hydrogen) atoms. The molecule has 0 radical (unpaired) electrons. The van der Waals surface area contributed by atoms with Gasteiger partial charge in [-0.3, -0.25) is 14.9 Å². The Labute approximate surface area is 188 Å². The van der Waals surface area contributed by atoms with Gasteiger partial charge in [0.2, 0.25) is 5.95 Å². The van der Waals surface area contributed by atoms with E-state index in [0.717, 1.165) is 11.8 Å². The van der Waals surface area contributed by atoms with E-state index < -0.39 is 16.8 Å². The summed E-state index contributed by atoms with van der Waals surface area (Å²) >= 11 is 0. The van der Waals surface area contributed by atoms with Gasteiger partial charge in [0.25, 0.3) is 11.6 Å². The second-order valence-electron chi connectivity index (χ2n) is 7.25. The molecular formula is C21H21N7O5. The summed E-state index contributed by atoms with van der Waals surface area (Å²) < 4.78 is 6.56. The highest BCUT2D eigenvalue weighted by Gasteiger charge is 2.27. The quantitative estimate of drug-likeness (QED) is 0.311. The van der Waals surface area contributed by atoms with E-state index >= 15 is 0 Å². The summed E-state index contributed by atoms with van der Waals surface area (Å²) in [5, 5.41) is 23.3. The standard InChI is InChI=1S/C21H21N7O5/c1-2-33-20(30)16-12-15(13-18(14-16)28(31)32)19(29)25-8-10-26(11-9-25)21-22-23-24-27(21)17-6-4-3-5-7-17/h3-7,12-14H,2,8-11H2,1H3. The predicted octanol–water partition coefficient (Wildman–Crippen LogP) is 1.71. The lowest BCUT2D eigenvalue weighted by atomic mass is 10.1. The van der Waals surface area contributed by atoms with Crippen LogP contribution in [0.15, 0.2) is 48.5 Å². The largest absolute Gasteiger partial charge is 0.462 e. The van der Waals surface area contributed by atoms with Crippen LogP contribution in [0.25, 0.3) is 5.69 Å². The normalized spacial score (nSPS) is 13.6. The van der Waals surface area contributed by atoms with Crippen molar-refractivity contribution in [3.05, 3.63) is 69.8 Å². The van der Waals surface area contributed by atoms with E-state index in [2.05, 4.69) is 15.5 Å². The van der Waals surface area contributed by atoms with Gasteiger partial charge in [-0.1, -0.05) is 23.3 Å². The minimum absolute atomic E-state index is 0.0323. The van der Waals surface area contributed by atoms with E-state index in [4.69, 9.17) is 4.74 Å². The fourth-order valence-electron chi connectivity index (χ4n) is 3.58. The number of nitro benzene ring substituents is 1. The van der Waals surface area contributed by atoms with Crippen LogP contribution in [0.4, 0.5) is 11.6 Å². The molecule has 0 saturated carbocycles. The van der Waals surface area contributed by atoms with Crippen LogP contribution in [-0.4, -0.2) is 74.7 Å². The van der Waals surface area contributed by atoms with Crippen LogP contribution in [0.3, 0.4) is 0 Å². The molecule has 0 unspecified atom stereocenters. The van der Waals surface area contributed by atoms with Gasteiger partial charge in [0.1, 0.15) is 0 Å². The first-order valence-electron chi connectivity index (χ1n) is 10.3. The van der Waals surface area contributed by atoms with Gasteiger partial charge >= 0.3 is 5.97 Å². The van der Waals surface area contributed by atoms with Crippen LogP contribution in [-0.2, 0) is 4.74 Å². The summed E-state index contributed by atoms with van der Waals surface area (Å²) in [7, 11) is 0. The SMILES string of the molecule is CCOC(=O)c1cc(C(=O)N2CCN(c3nnnn3-c3ccccc3)CC2)cc([N+](=O)[O-])c1. The number of esters is 1. The van der Waals surface area contributed by atoms with Gasteiger partial charge in [-0.15, -0.1) is 0 Å². The van der Waals surface area contributed by atoms with Crippen molar-refractivity contribution in [3.8, 4) is 5.69 Å². The van der Waals surface area contributed by atoms with Crippen molar-refractivity contribution in [2.24, 2.45) is 0 Å². The Bertz CT molecular complexity index is 1170. The first-order chi connectivity index (χ1) is 16.0. The van der Waals surface area contributed by atoms with Gasteiger partial charge in [-0.2, -0.15) is 4.68 Å². The molecule has 2 heterocycles. The van der Waals surface area contributed by atoms with Crippen molar-refractivity contribution in [1.29, 1.82) is 0 Å². The smallest absolute Gasteiger partial charge is 0.338 e. The number of nitrogens with zero attached hydrogens (tertiary/aromatic N) is 7. The maximum atomic E-state index is 13.1. The van der Waals surface area contributed by atoms with Gasteiger partial charge in [0.15, 0.2) is 0 Å². The number of hydrogen-bond donors (Lipinski definition) is 0. The summed E-state index contributed by atoms with van der Waals surface area (Å²) in [5.41, 5.74) is 0.508. The zero-order valence-corrected chi connectivity index (χ0v) is 17.8. The van der Waals surface area contributed by atoms with E-state index in [-0.39, 0.29) is 23.4 Å². The first kappa shape index (κ1) is 21.9. The molecule has 12 heteroatoms. The molecule has 3 aromatic rings. The molecule has 12 nitrogen and oxygen atoms in total. The number of piperazine rings is 1. The van der Waals surface area contributed by atoms with Gasteiger partial charge in [-0.05, 0) is 35.5 Å². The third-order valence-corrected chi connectivity index (χ3v) is 5.19. The number of anilines is 1. The Morgan fingerprint density at radius 2 is 1.76 bits per heavy atom. The lowest BCUT2D eigenvalue weighted by Gasteiger charge is -2.34. The maximum absolute atomic E-state index is 13.1. The minimum atomic E-state index is -0.715. The highest BCUT2D eigenvalue weighted by Crippen LogP contribution is 2.22. The number of aromatic nitrogens is 4. The Morgan fingerprint density at radius 1 is 1.06 bits per heavy atom. The van der Waals surface area contributed by atoms with Crippen LogP contribution in [0, 0.1) is 10.1 Å². The highest BCUT2D eigenvalue weighted by atomic mass is 16.6. The number of hydrogen-bond acceptors (Lipinski definition) is 9. The Kier molecular flexibility index (Phi) is 6.24. The number of non-ortho nitro benzene ring substituents is 1. The topological polar surface area (TPSA) is 137 Å². The van der Waals surface area contributed by atoms with E-state index in [1.165, 1.54) is 12.1 Å². The number of benzene rings is 2. The third-order valence-electron chi connectivity index (χ3n) is 5.19. The molecule has 2 aromatic carbocycles. The zero-order chi connectivity index (χ0) is 23.4. The van der Waals surface area contributed by atoms with Crippen molar-refractivity contribution in [2.45, 2.75) is 6.92 Å². The molecule has 0 spiro atoms. The Morgan fingerprint density at radius 3 is 2.42 bits per heavy atom. The number of carbonyl (C=O) groups is 2. The van der Waals surface area contributed by atoms with Crippen molar-refractivity contribution < 1.29 is 19.2 Å². The fourth-order valence-corrected chi connectivity index (χ4v) is 3.58. The summed E-state index contributed by atoms with van der Waals surface area (Å²) in [6.07, 6.45) is 0. The third kappa shape index (κ3) is 4.63. The van der Waals surface area contributed by atoms with Gasteiger partial charge in [0, 0.05) is 43.9 Å². The van der Waals surface area contributed by atoms with E-state index in [1.807, 2.05) is 35.2 Å². The number of amides is 1. The lowest BCUT2D eigenvalue weighted by Crippen LogP contribution is -2.49. The molecule has 1 fully saturated rings. The molecule has 1 aliphatic heterocycles. The van der Waals surface area contributed by atoms with Gasteiger partial charge in [0.05, 0.1) is 22.8 Å².